The second-order valence-corrected chi connectivity index (χ2v) is 8.73. The summed E-state index contributed by atoms with van der Waals surface area (Å²) in [6, 6.07) is 9.33. The van der Waals surface area contributed by atoms with Gasteiger partial charge in [0.15, 0.2) is 5.76 Å². The molecule has 0 unspecified atom stereocenters. The van der Waals surface area contributed by atoms with Crippen LogP contribution in [0.4, 0.5) is 0 Å². The number of hydrogen-bond acceptors (Lipinski definition) is 5. The van der Waals surface area contributed by atoms with Crippen molar-refractivity contribution < 1.29 is 12.9 Å². The molecule has 1 aliphatic rings. The molecule has 3 rings (SSSR count). The number of aromatic nitrogens is 1. The van der Waals surface area contributed by atoms with E-state index in [2.05, 4.69) is 10.1 Å². The van der Waals surface area contributed by atoms with Crippen LogP contribution >= 0.6 is 11.6 Å². The van der Waals surface area contributed by atoms with E-state index in [9.17, 15) is 8.42 Å². The Bertz CT molecular complexity index is 812. The fraction of sp³-hybridized carbons (Fsp3) is 0.438. The highest BCUT2D eigenvalue weighted by Gasteiger charge is 2.28. The van der Waals surface area contributed by atoms with Crippen LogP contribution in [0, 0.1) is 0 Å². The molecule has 9 heteroatoms. The van der Waals surface area contributed by atoms with E-state index in [-0.39, 0.29) is 0 Å². The molecule has 1 aromatic heterocycles. The topological polar surface area (TPSA) is 69.9 Å². The zero-order chi connectivity index (χ0) is 18.0. The van der Waals surface area contributed by atoms with E-state index >= 15 is 0 Å². The van der Waals surface area contributed by atoms with E-state index in [0.29, 0.717) is 37.7 Å². The van der Waals surface area contributed by atoms with Crippen LogP contribution < -0.4 is 0 Å². The average Bonchev–Trinajstić information content (AvgIpc) is 3.04. The summed E-state index contributed by atoms with van der Waals surface area (Å²) in [4.78, 5) is 2.16. The van der Waals surface area contributed by atoms with Crippen molar-refractivity contribution in [1.29, 1.82) is 0 Å². The molecular weight excluding hydrogens is 364 g/mol. The van der Waals surface area contributed by atoms with Crippen molar-refractivity contribution in [3.63, 3.8) is 0 Å². The first-order valence-corrected chi connectivity index (χ1v) is 9.75. The van der Waals surface area contributed by atoms with Crippen LogP contribution in [0.1, 0.15) is 5.76 Å². The van der Waals surface area contributed by atoms with Gasteiger partial charge in [0.25, 0.3) is 10.2 Å². The minimum atomic E-state index is -3.34. The summed E-state index contributed by atoms with van der Waals surface area (Å²) in [6.07, 6.45) is 0. The van der Waals surface area contributed by atoms with Gasteiger partial charge in [-0.15, -0.1) is 0 Å². The van der Waals surface area contributed by atoms with Gasteiger partial charge < -0.3 is 4.52 Å². The molecule has 7 nitrogen and oxygen atoms in total. The van der Waals surface area contributed by atoms with Crippen molar-refractivity contribution in [1.82, 2.24) is 18.7 Å². The predicted molar refractivity (Wildman–Crippen MR) is 96.4 cm³/mol. The highest BCUT2D eigenvalue weighted by atomic mass is 35.5. The van der Waals surface area contributed by atoms with Crippen molar-refractivity contribution in [2.24, 2.45) is 0 Å². The molecule has 0 aliphatic carbocycles. The Morgan fingerprint density at radius 3 is 2.40 bits per heavy atom. The number of rotatable bonds is 5. The lowest BCUT2D eigenvalue weighted by Crippen LogP contribution is -2.51. The quantitative estimate of drug-likeness (QED) is 0.787. The van der Waals surface area contributed by atoms with Crippen LogP contribution in [-0.2, 0) is 16.8 Å². The van der Waals surface area contributed by atoms with Crippen LogP contribution in [0.2, 0.25) is 5.02 Å². The lowest BCUT2D eigenvalue weighted by molar-refractivity contribution is 0.162. The first kappa shape index (κ1) is 18.3. The fourth-order valence-electron chi connectivity index (χ4n) is 2.71. The van der Waals surface area contributed by atoms with Crippen LogP contribution in [-0.4, -0.2) is 67.4 Å². The Morgan fingerprint density at radius 2 is 1.80 bits per heavy atom. The van der Waals surface area contributed by atoms with Crippen molar-refractivity contribution in [3.8, 4) is 11.3 Å². The highest BCUT2D eigenvalue weighted by molar-refractivity contribution is 7.86. The van der Waals surface area contributed by atoms with Crippen LogP contribution in [0.25, 0.3) is 11.3 Å². The van der Waals surface area contributed by atoms with E-state index in [0.717, 1.165) is 17.0 Å². The molecule has 1 fully saturated rings. The molecule has 0 N–H and O–H groups in total. The summed E-state index contributed by atoms with van der Waals surface area (Å²) >= 11 is 5.90. The van der Waals surface area contributed by atoms with E-state index in [4.69, 9.17) is 16.1 Å². The van der Waals surface area contributed by atoms with Gasteiger partial charge in [-0.2, -0.15) is 17.0 Å². The fourth-order valence-corrected chi connectivity index (χ4v) is 3.93. The third-order valence-electron chi connectivity index (χ3n) is 4.20. The van der Waals surface area contributed by atoms with Gasteiger partial charge >= 0.3 is 0 Å². The summed E-state index contributed by atoms with van der Waals surface area (Å²) in [5.41, 5.74) is 1.71. The van der Waals surface area contributed by atoms with Gasteiger partial charge in [-0.25, -0.2) is 0 Å². The summed E-state index contributed by atoms with van der Waals surface area (Å²) < 4.78 is 32.4. The van der Waals surface area contributed by atoms with E-state index in [1.807, 2.05) is 30.3 Å². The SMILES string of the molecule is CN(C)S(=O)(=O)N1CCN(Cc2cc(-c3ccc(Cl)cc3)no2)CC1. The van der Waals surface area contributed by atoms with Crippen molar-refractivity contribution >= 4 is 21.8 Å². The normalized spacial score (nSPS) is 17.3. The van der Waals surface area contributed by atoms with Crippen LogP contribution in [0.15, 0.2) is 34.9 Å². The standard InChI is InChI=1S/C16H21ClN4O3S/c1-19(2)25(22,23)21-9-7-20(8-10-21)12-15-11-16(18-24-15)13-3-5-14(17)6-4-13/h3-6,11H,7-10,12H2,1-2H3. The first-order valence-electron chi connectivity index (χ1n) is 7.98. The van der Waals surface area contributed by atoms with Crippen LogP contribution in [0.5, 0.6) is 0 Å². The maximum atomic E-state index is 12.1. The highest BCUT2D eigenvalue weighted by Crippen LogP contribution is 2.22. The molecule has 2 heterocycles. The van der Waals surface area contributed by atoms with Gasteiger partial charge in [0.1, 0.15) is 5.69 Å². The minimum Gasteiger partial charge on any atom is -0.359 e. The Kier molecular flexibility index (Phi) is 5.45. The minimum absolute atomic E-state index is 0.471. The molecule has 0 saturated carbocycles. The number of halogens is 1. The van der Waals surface area contributed by atoms with Gasteiger partial charge in [-0.1, -0.05) is 28.9 Å². The third kappa shape index (κ3) is 4.21. The molecule has 25 heavy (non-hydrogen) atoms. The summed E-state index contributed by atoms with van der Waals surface area (Å²) in [5.74, 6) is 0.758. The molecule has 0 atom stereocenters. The molecule has 1 saturated heterocycles. The van der Waals surface area contributed by atoms with Crippen molar-refractivity contribution in [3.05, 3.63) is 41.1 Å². The van der Waals surface area contributed by atoms with Crippen molar-refractivity contribution in [2.45, 2.75) is 6.54 Å². The lowest BCUT2D eigenvalue weighted by Gasteiger charge is -2.34. The van der Waals surface area contributed by atoms with Gasteiger partial charge in [0.05, 0.1) is 6.54 Å². The Labute approximate surface area is 152 Å². The number of piperazine rings is 1. The molecule has 0 amide bonds. The zero-order valence-corrected chi connectivity index (χ0v) is 15.8. The zero-order valence-electron chi connectivity index (χ0n) is 14.2. The van der Waals surface area contributed by atoms with Gasteiger partial charge in [0.2, 0.25) is 0 Å². The molecule has 2 aromatic rings. The predicted octanol–water partition coefficient (Wildman–Crippen LogP) is 1.92. The molecule has 1 aromatic carbocycles. The molecule has 0 spiro atoms. The van der Waals surface area contributed by atoms with Gasteiger partial charge in [-0.3, -0.25) is 4.90 Å². The van der Waals surface area contributed by atoms with E-state index in [1.54, 1.807) is 14.1 Å². The number of nitrogens with zero attached hydrogens (tertiary/aromatic N) is 4. The van der Waals surface area contributed by atoms with Gasteiger partial charge in [-0.05, 0) is 12.1 Å². The molecule has 0 radical (unpaired) electrons. The van der Waals surface area contributed by atoms with Gasteiger partial charge in [0, 0.05) is 56.9 Å². The lowest BCUT2D eigenvalue weighted by atomic mass is 10.1. The maximum Gasteiger partial charge on any atom is 0.281 e. The monoisotopic (exact) mass is 384 g/mol. The third-order valence-corrected chi connectivity index (χ3v) is 6.39. The smallest absolute Gasteiger partial charge is 0.281 e. The summed E-state index contributed by atoms with van der Waals surface area (Å²) in [7, 11) is -0.238. The first-order chi connectivity index (χ1) is 11.9. The second-order valence-electron chi connectivity index (χ2n) is 6.15. The molecule has 0 bridgehead atoms. The average molecular weight is 385 g/mol. The Hall–Kier alpha value is -1.45. The Morgan fingerprint density at radius 1 is 1.16 bits per heavy atom. The van der Waals surface area contributed by atoms with Crippen LogP contribution in [0.3, 0.4) is 0 Å². The van der Waals surface area contributed by atoms with E-state index < -0.39 is 10.2 Å². The molecule has 1 aliphatic heterocycles. The molecule has 136 valence electrons. The second kappa shape index (κ2) is 7.43. The largest absolute Gasteiger partial charge is 0.359 e. The maximum absolute atomic E-state index is 12.1. The Balaban J connectivity index is 1.59. The molecular formula is C16H21ClN4O3S. The summed E-state index contributed by atoms with van der Waals surface area (Å²) in [5, 5.41) is 4.78. The van der Waals surface area contributed by atoms with E-state index in [1.165, 1.54) is 8.61 Å². The summed E-state index contributed by atoms with van der Waals surface area (Å²) in [6.45, 7) is 2.86. The number of benzene rings is 1. The van der Waals surface area contributed by atoms with Crippen molar-refractivity contribution in [2.75, 3.05) is 40.3 Å². The number of hydrogen-bond donors (Lipinski definition) is 0.